The van der Waals surface area contributed by atoms with Gasteiger partial charge in [0.05, 0.1) is 0 Å². The van der Waals surface area contributed by atoms with Crippen LogP contribution in [0.4, 0.5) is 0 Å². The van der Waals surface area contributed by atoms with Gasteiger partial charge in [-0.15, -0.1) is 0 Å². The molecule has 2 N–H and O–H groups in total. The maximum absolute atomic E-state index is 3.35. The molecule has 0 aromatic heterocycles. The third-order valence-electron chi connectivity index (χ3n) is 1.96. The van der Waals surface area contributed by atoms with Crippen molar-refractivity contribution in [3.63, 3.8) is 0 Å². The fourth-order valence-electron chi connectivity index (χ4n) is 1.31. The van der Waals surface area contributed by atoms with Crippen molar-refractivity contribution in [2.45, 2.75) is 12.8 Å². The van der Waals surface area contributed by atoms with Crippen LogP contribution in [0.25, 0.3) is 0 Å². The standard InChI is InChI=1S/C7H16N2/c1-8-4-2-7-3-5-9-6-7/h7-9H,2-6H2,1H3/t7-/m1/s1. The molecule has 1 atom stereocenters. The number of hydrogen-bond donors (Lipinski definition) is 2. The van der Waals surface area contributed by atoms with E-state index in [0.29, 0.717) is 0 Å². The lowest BCUT2D eigenvalue weighted by molar-refractivity contribution is 0.517. The highest BCUT2D eigenvalue weighted by Gasteiger charge is 2.12. The van der Waals surface area contributed by atoms with Gasteiger partial charge in [0.2, 0.25) is 0 Å². The molecule has 54 valence electrons. The van der Waals surface area contributed by atoms with Crippen molar-refractivity contribution >= 4 is 0 Å². The minimum absolute atomic E-state index is 0.942. The van der Waals surface area contributed by atoms with Crippen LogP contribution in [0.2, 0.25) is 0 Å². The molecule has 1 heterocycles. The van der Waals surface area contributed by atoms with Gasteiger partial charge in [-0.25, -0.2) is 0 Å². The van der Waals surface area contributed by atoms with Crippen molar-refractivity contribution in [3.8, 4) is 0 Å². The van der Waals surface area contributed by atoms with Crippen molar-refractivity contribution in [2.24, 2.45) is 5.92 Å². The Morgan fingerprint density at radius 1 is 1.67 bits per heavy atom. The molecule has 0 bridgehead atoms. The van der Waals surface area contributed by atoms with Gasteiger partial charge in [-0.3, -0.25) is 0 Å². The zero-order valence-electron chi connectivity index (χ0n) is 6.11. The van der Waals surface area contributed by atoms with Crippen LogP contribution in [-0.2, 0) is 0 Å². The second-order valence-corrected chi connectivity index (χ2v) is 2.75. The van der Waals surface area contributed by atoms with Crippen LogP contribution in [0.5, 0.6) is 0 Å². The van der Waals surface area contributed by atoms with Gasteiger partial charge in [0.1, 0.15) is 0 Å². The fraction of sp³-hybridized carbons (Fsp3) is 1.00. The molecule has 0 aliphatic carbocycles. The summed E-state index contributed by atoms with van der Waals surface area (Å²) in [5.41, 5.74) is 0. The normalized spacial score (nSPS) is 27.0. The molecule has 1 saturated heterocycles. The Kier molecular flexibility index (Phi) is 3.01. The molecular formula is C7H16N2. The van der Waals surface area contributed by atoms with Crippen LogP contribution in [0.1, 0.15) is 12.8 Å². The molecular weight excluding hydrogens is 112 g/mol. The summed E-state index contributed by atoms with van der Waals surface area (Å²) < 4.78 is 0. The van der Waals surface area contributed by atoms with E-state index in [1.165, 1.54) is 32.5 Å². The van der Waals surface area contributed by atoms with Crippen LogP contribution in [-0.4, -0.2) is 26.7 Å². The zero-order chi connectivity index (χ0) is 6.53. The van der Waals surface area contributed by atoms with E-state index >= 15 is 0 Å². The first-order chi connectivity index (χ1) is 4.43. The van der Waals surface area contributed by atoms with Gasteiger partial charge in [0.25, 0.3) is 0 Å². The summed E-state index contributed by atoms with van der Waals surface area (Å²) in [4.78, 5) is 0. The van der Waals surface area contributed by atoms with Crippen LogP contribution >= 0.6 is 0 Å². The Labute approximate surface area is 57.0 Å². The first-order valence-corrected chi connectivity index (χ1v) is 3.79. The largest absolute Gasteiger partial charge is 0.320 e. The molecule has 0 unspecified atom stereocenters. The lowest BCUT2D eigenvalue weighted by atomic mass is 10.1. The van der Waals surface area contributed by atoms with Crippen molar-refractivity contribution in [2.75, 3.05) is 26.7 Å². The minimum atomic E-state index is 0.942. The van der Waals surface area contributed by atoms with E-state index in [0.717, 1.165) is 5.92 Å². The molecule has 2 heteroatoms. The third-order valence-corrected chi connectivity index (χ3v) is 1.96. The molecule has 1 aliphatic heterocycles. The minimum Gasteiger partial charge on any atom is -0.320 e. The van der Waals surface area contributed by atoms with Crippen molar-refractivity contribution in [3.05, 3.63) is 0 Å². The molecule has 1 aliphatic rings. The molecule has 0 spiro atoms. The lowest BCUT2D eigenvalue weighted by Crippen LogP contribution is -2.15. The smallest absolute Gasteiger partial charge is 0.00196 e. The summed E-state index contributed by atoms with van der Waals surface area (Å²) in [6.45, 7) is 3.64. The molecule has 0 radical (unpaired) electrons. The van der Waals surface area contributed by atoms with E-state index in [9.17, 15) is 0 Å². The topological polar surface area (TPSA) is 24.1 Å². The van der Waals surface area contributed by atoms with Gasteiger partial charge >= 0.3 is 0 Å². The van der Waals surface area contributed by atoms with Crippen molar-refractivity contribution in [1.82, 2.24) is 10.6 Å². The highest BCUT2D eigenvalue weighted by Crippen LogP contribution is 2.10. The van der Waals surface area contributed by atoms with E-state index in [4.69, 9.17) is 0 Å². The first kappa shape index (κ1) is 7.03. The molecule has 0 aromatic rings. The van der Waals surface area contributed by atoms with Gasteiger partial charge < -0.3 is 10.6 Å². The Hall–Kier alpha value is -0.0800. The van der Waals surface area contributed by atoms with E-state index in [-0.39, 0.29) is 0 Å². The number of hydrogen-bond acceptors (Lipinski definition) is 2. The van der Waals surface area contributed by atoms with Crippen LogP contribution in [0, 0.1) is 5.92 Å². The SMILES string of the molecule is CNCC[C@@H]1CCNC1. The second-order valence-electron chi connectivity index (χ2n) is 2.75. The van der Waals surface area contributed by atoms with Crippen LogP contribution < -0.4 is 10.6 Å². The van der Waals surface area contributed by atoms with E-state index in [2.05, 4.69) is 10.6 Å². The van der Waals surface area contributed by atoms with Crippen molar-refractivity contribution in [1.29, 1.82) is 0 Å². The summed E-state index contributed by atoms with van der Waals surface area (Å²) in [5, 5.41) is 6.52. The summed E-state index contributed by atoms with van der Waals surface area (Å²) in [7, 11) is 2.02. The van der Waals surface area contributed by atoms with Gasteiger partial charge in [-0.1, -0.05) is 0 Å². The Morgan fingerprint density at radius 2 is 2.56 bits per heavy atom. The zero-order valence-corrected chi connectivity index (χ0v) is 6.11. The molecule has 1 fully saturated rings. The predicted molar refractivity (Wildman–Crippen MR) is 39.5 cm³/mol. The number of nitrogens with one attached hydrogen (secondary N) is 2. The summed E-state index contributed by atoms with van der Waals surface area (Å²) in [6.07, 6.45) is 2.71. The van der Waals surface area contributed by atoms with Gasteiger partial charge in [0, 0.05) is 0 Å². The Morgan fingerprint density at radius 3 is 3.11 bits per heavy atom. The highest BCUT2D eigenvalue weighted by atomic mass is 14.9. The Bertz CT molecular complexity index is 67.3. The average molecular weight is 128 g/mol. The van der Waals surface area contributed by atoms with Gasteiger partial charge in [-0.2, -0.15) is 0 Å². The molecule has 2 nitrogen and oxygen atoms in total. The highest BCUT2D eigenvalue weighted by molar-refractivity contribution is 4.71. The molecule has 0 saturated carbocycles. The maximum atomic E-state index is 3.35. The first-order valence-electron chi connectivity index (χ1n) is 3.79. The fourth-order valence-corrected chi connectivity index (χ4v) is 1.31. The van der Waals surface area contributed by atoms with E-state index in [1.54, 1.807) is 0 Å². The summed E-state index contributed by atoms with van der Waals surface area (Å²) in [5.74, 6) is 0.942. The van der Waals surface area contributed by atoms with E-state index < -0.39 is 0 Å². The number of rotatable bonds is 3. The second kappa shape index (κ2) is 3.85. The molecule has 9 heavy (non-hydrogen) atoms. The Balaban J connectivity index is 1.98. The third kappa shape index (κ3) is 2.33. The molecule has 0 aromatic carbocycles. The van der Waals surface area contributed by atoms with Crippen molar-refractivity contribution < 1.29 is 0 Å². The van der Waals surface area contributed by atoms with Gasteiger partial charge in [-0.05, 0) is 45.4 Å². The summed E-state index contributed by atoms with van der Waals surface area (Å²) >= 11 is 0. The predicted octanol–water partition coefficient (Wildman–Crippen LogP) is 0.205. The molecule has 0 amide bonds. The maximum Gasteiger partial charge on any atom is -0.00196 e. The lowest BCUT2D eigenvalue weighted by Gasteiger charge is -2.05. The van der Waals surface area contributed by atoms with E-state index in [1.807, 2.05) is 7.05 Å². The monoisotopic (exact) mass is 128 g/mol. The molecule has 1 rings (SSSR count). The quantitative estimate of drug-likeness (QED) is 0.567. The van der Waals surface area contributed by atoms with Crippen LogP contribution in [0.3, 0.4) is 0 Å². The average Bonchev–Trinajstić information content (AvgIpc) is 2.34. The summed E-state index contributed by atoms with van der Waals surface area (Å²) in [6, 6.07) is 0. The van der Waals surface area contributed by atoms with Gasteiger partial charge in [0.15, 0.2) is 0 Å². The van der Waals surface area contributed by atoms with Crippen LogP contribution in [0.15, 0.2) is 0 Å².